The van der Waals surface area contributed by atoms with Gasteiger partial charge in [0.1, 0.15) is 6.10 Å². The third-order valence-electron chi connectivity index (χ3n) is 2.16. The van der Waals surface area contributed by atoms with Crippen LogP contribution < -0.4 is 0 Å². The third kappa shape index (κ3) is 5.71. The van der Waals surface area contributed by atoms with Crippen LogP contribution in [0.1, 0.15) is 18.1 Å². The van der Waals surface area contributed by atoms with E-state index in [1.807, 2.05) is 25.1 Å². The van der Waals surface area contributed by atoms with Gasteiger partial charge in [0.25, 0.3) is 0 Å². The average Bonchev–Trinajstić information content (AvgIpc) is 2.27. The van der Waals surface area contributed by atoms with Crippen LogP contribution in [0.15, 0.2) is 24.3 Å². The molecule has 17 heavy (non-hydrogen) atoms. The van der Waals surface area contributed by atoms with Gasteiger partial charge in [0.05, 0.1) is 19.1 Å². The van der Waals surface area contributed by atoms with Crippen LogP contribution in [0.3, 0.4) is 0 Å². The molecule has 0 radical (unpaired) electrons. The molecule has 0 spiro atoms. The Morgan fingerprint density at radius 1 is 1.47 bits per heavy atom. The van der Waals surface area contributed by atoms with Gasteiger partial charge in [0.15, 0.2) is 0 Å². The van der Waals surface area contributed by atoms with Crippen molar-refractivity contribution in [3.05, 3.63) is 35.4 Å². The molecular weight excluding hydrogens is 240 g/mol. The van der Waals surface area contributed by atoms with E-state index in [2.05, 4.69) is 6.07 Å². The first-order valence-electron chi connectivity index (χ1n) is 5.48. The summed E-state index contributed by atoms with van der Waals surface area (Å²) in [6.07, 6.45) is -0.376. The molecule has 4 heteroatoms. The van der Waals surface area contributed by atoms with Crippen LogP contribution in [-0.4, -0.2) is 24.6 Å². The highest BCUT2D eigenvalue weighted by Crippen LogP contribution is 2.06. The van der Waals surface area contributed by atoms with Crippen molar-refractivity contribution in [2.24, 2.45) is 0 Å². The van der Waals surface area contributed by atoms with E-state index in [4.69, 9.17) is 21.1 Å². The van der Waals surface area contributed by atoms with Gasteiger partial charge >= 0.3 is 5.97 Å². The number of hydrogen-bond acceptors (Lipinski definition) is 3. The molecule has 0 heterocycles. The van der Waals surface area contributed by atoms with Gasteiger partial charge in [-0.25, -0.2) is 0 Å². The molecule has 0 aromatic heterocycles. The highest BCUT2D eigenvalue weighted by molar-refractivity contribution is 6.18. The second kappa shape index (κ2) is 7.30. The molecule has 0 amide bonds. The zero-order valence-corrected chi connectivity index (χ0v) is 10.9. The van der Waals surface area contributed by atoms with Crippen LogP contribution in [0.4, 0.5) is 0 Å². The Labute approximate surface area is 107 Å². The minimum atomic E-state index is -0.376. The summed E-state index contributed by atoms with van der Waals surface area (Å²) in [6.45, 7) is 4.21. The van der Waals surface area contributed by atoms with Gasteiger partial charge in [-0.15, -0.1) is 11.6 Å². The molecule has 1 unspecified atom stereocenters. The Morgan fingerprint density at radius 2 is 2.24 bits per heavy atom. The molecule has 0 aliphatic heterocycles. The van der Waals surface area contributed by atoms with Crippen LogP contribution in [0.5, 0.6) is 0 Å². The Kier molecular flexibility index (Phi) is 6.01. The lowest BCUT2D eigenvalue weighted by Crippen LogP contribution is -2.23. The number of esters is 1. The molecule has 0 fully saturated rings. The zero-order chi connectivity index (χ0) is 12.7. The van der Waals surface area contributed by atoms with Crippen LogP contribution in [0.25, 0.3) is 0 Å². The summed E-state index contributed by atoms with van der Waals surface area (Å²) in [5.74, 6) is -0.0947. The number of hydrogen-bond donors (Lipinski definition) is 0. The van der Waals surface area contributed by atoms with Crippen molar-refractivity contribution < 1.29 is 14.3 Å². The molecule has 0 aliphatic carbocycles. The van der Waals surface area contributed by atoms with E-state index in [1.165, 1.54) is 12.5 Å². The van der Waals surface area contributed by atoms with Crippen molar-refractivity contribution in [1.29, 1.82) is 0 Å². The highest BCUT2D eigenvalue weighted by Gasteiger charge is 2.10. The Hall–Kier alpha value is -1.06. The van der Waals surface area contributed by atoms with Crippen molar-refractivity contribution in [2.75, 3.05) is 12.5 Å². The smallest absolute Gasteiger partial charge is 0.303 e. The number of carbonyl (C=O) groups excluding carboxylic acids is 1. The maximum absolute atomic E-state index is 10.8. The predicted molar refractivity (Wildman–Crippen MR) is 67.1 cm³/mol. The Bertz CT molecular complexity index is 365. The molecule has 0 aliphatic rings. The molecule has 0 saturated heterocycles. The molecular formula is C13H17ClO3. The van der Waals surface area contributed by atoms with E-state index in [0.29, 0.717) is 13.2 Å². The summed E-state index contributed by atoms with van der Waals surface area (Å²) in [5.41, 5.74) is 2.29. The molecule has 0 N–H and O–H groups in total. The summed E-state index contributed by atoms with van der Waals surface area (Å²) in [7, 11) is 0. The van der Waals surface area contributed by atoms with Crippen LogP contribution in [0, 0.1) is 6.92 Å². The lowest BCUT2D eigenvalue weighted by Gasteiger charge is -2.14. The lowest BCUT2D eigenvalue weighted by atomic mass is 10.1. The number of alkyl halides is 1. The normalized spacial score (nSPS) is 12.2. The fraction of sp³-hybridized carbons (Fsp3) is 0.462. The lowest BCUT2D eigenvalue weighted by molar-refractivity contribution is -0.148. The van der Waals surface area contributed by atoms with E-state index >= 15 is 0 Å². The molecule has 0 saturated carbocycles. The largest absolute Gasteiger partial charge is 0.459 e. The number of rotatable bonds is 6. The van der Waals surface area contributed by atoms with Gasteiger partial charge in [-0.1, -0.05) is 29.8 Å². The summed E-state index contributed by atoms with van der Waals surface area (Å²) >= 11 is 5.66. The molecule has 1 atom stereocenters. The van der Waals surface area contributed by atoms with Gasteiger partial charge in [-0.3, -0.25) is 4.79 Å². The van der Waals surface area contributed by atoms with Crippen molar-refractivity contribution >= 4 is 17.6 Å². The predicted octanol–water partition coefficient (Wildman–Crippen LogP) is 2.68. The fourth-order valence-electron chi connectivity index (χ4n) is 1.45. The summed E-state index contributed by atoms with van der Waals surface area (Å²) in [5, 5.41) is 0. The first-order valence-corrected chi connectivity index (χ1v) is 6.01. The van der Waals surface area contributed by atoms with Crippen molar-refractivity contribution in [1.82, 2.24) is 0 Å². The quantitative estimate of drug-likeness (QED) is 0.580. The van der Waals surface area contributed by atoms with E-state index in [9.17, 15) is 4.79 Å². The van der Waals surface area contributed by atoms with Gasteiger partial charge in [-0.2, -0.15) is 0 Å². The highest BCUT2D eigenvalue weighted by atomic mass is 35.5. The number of ether oxygens (including phenoxy) is 2. The van der Waals surface area contributed by atoms with E-state index < -0.39 is 0 Å². The van der Waals surface area contributed by atoms with Crippen LogP contribution in [0.2, 0.25) is 0 Å². The number of halogens is 1. The minimum absolute atomic E-state index is 0.243. The number of carbonyl (C=O) groups is 1. The number of benzene rings is 1. The van der Waals surface area contributed by atoms with E-state index in [1.54, 1.807) is 0 Å². The van der Waals surface area contributed by atoms with Crippen molar-refractivity contribution in [3.63, 3.8) is 0 Å². The third-order valence-corrected chi connectivity index (χ3v) is 2.50. The fourth-order valence-corrected chi connectivity index (χ4v) is 1.61. The Balaban J connectivity index is 2.33. The summed E-state index contributed by atoms with van der Waals surface area (Å²) in [6, 6.07) is 8.07. The molecule has 0 bridgehead atoms. The van der Waals surface area contributed by atoms with Crippen molar-refractivity contribution in [3.8, 4) is 0 Å². The van der Waals surface area contributed by atoms with E-state index in [0.717, 1.165) is 5.56 Å². The SMILES string of the molecule is CC(=O)OC(CCl)COCc1cccc(C)c1. The molecule has 94 valence electrons. The first kappa shape index (κ1) is 14.0. The van der Waals surface area contributed by atoms with Crippen LogP contribution >= 0.6 is 11.6 Å². The van der Waals surface area contributed by atoms with Gasteiger partial charge in [0, 0.05) is 6.92 Å². The monoisotopic (exact) mass is 256 g/mol. The second-order valence-corrected chi connectivity index (χ2v) is 4.20. The maximum atomic E-state index is 10.8. The second-order valence-electron chi connectivity index (χ2n) is 3.89. The average molecular weight is 257 g/mol. The molecule has 1 aromatic rings. The van der Waals surface area contributed by atoms with Crippen molar-refractivity contribution in [2.45, 2.75) is 26.6 Å². The van der Waals surface area contributed by atoms with Crippen LogP contribution in [-0.2, 0) is 20.9 Å². The standard InChI is InChI=1S/C13H17ClO3/c1-10-4-3-5-12(6-10)8-16-9-13(7-14)17-11(2)15/h3-6,13H,7-9H2,1-2H3. The summed E-state index contributed by atoms with van der Waals surface area (Å²) < 4.78 is 10.4. The Morgan fingerprint density at radius 3 is 2.82 bits per heavy atom. The maximum Gasteiger partial charge on any atom is 0.303 e. The van der Waals surface area contributed by atoms with E-state index in [-0.39, 0.29) is 18.0 Å². The zero-order valence-electron chi connectivity index (χ0n) is 10.1. The van der Waals surface area contributed by atoms with Gasteiger partial charge in [-0.05, 0) is 12.5 Å². The summed E-state index contributed by atoms with van der Waals surface area (Å²) in [4.78, 5) is 10.8. The van der Waals surface area contributed by atoms with Gasteiger partial charge in [0.2, 0.25) is 0 Å². The topological polar surface area (TPSA) is 35.5 Å². The molecule has 1 rings (SSSR count). The first-order chi connectivity index (χ1) is 8.11. The number of aryl methyl sites for hydroxylation is 1. The molecule has 3 nitrogen and oxygen atoms in total. The molecule has 1 aromatic carbocycles. The van der Waals surface area contributed by atoms with Gasteiger partial charge < -0.3 is 9.47 Å². The minimum Gasteiger partial charge on any atom is -0.459 e.